The van der Waals surface area contributed by atoms with Crippen LogP contribution >= 0.6 is 0 Å². The first kappa shape index (κ1) is 20.5. The number of amides is 1. The molecule has 1 aliphatic heterocycles. The molecule has 2 atom stereocenters. The predicted molar refractivity (Wildman–Crippen MR) is 122 cm³/mol. The Morgan fingerprint density at radius 1 is 1.15 bits per heavy atom. The Bertz CT molecular complexity index is 1190. The Labute approximate surface area is 191 Å². The van der Waals surface area contributed by atoms with E-state index >= 15 is 0 Å². The number of nitrogens with zero attached hydrogens (tertiary/aromatic N) is 4. The summed E-state index contributed by atoms with van der Waals surface area (Å²) in [6.07, 6.45) is 10.7. The number of aromatic nitrogens is 3. The number of aryl methyl sites for hydroxylation is 1. The van der Waals surface area contributed by atoms with Gasteiger partial charge in [0.2, 0.25) is 0 Å². The summed E-state index contributed by atoms with van der Waals surface area (Å²) >= 11 is 0. The molecule has 3 fully saturated rings. The van der Waals surface area contributed by atoms with E-state index in [0.29, 0.717) is 29.9 Å². The molecule has 9 heteroatoms. The topological polar surface area (TPSA) is 96.2 Å². The van der Waals surface area contributed by atoms with Crippen molar-refractivity contribution in [2.45, 2.75) is 63.6 Å². The van der Waals surface area contributed by atoms with E-state index in [9.17, 15) is 9.18 Å². The van der Waals surface area contributed by atoms with Crippen LogP contribution in [0.2, 0.25) is 0 Å². The number of hydrogen-bond acceptors (Lipinski definition) is 7. The number of anilines is 2. The van der Waals surface area contributed by atoms with E-state index in [2.05, 4.69) is 30.5 Å². The van der Waals surface area contributed by atoms with E-state index in [-0.39, 0.29) is 22.5 Å². The molecule has 3 aromatic rings. The largest absolute Gasteiger partial charge is 0.441 e. The zero-order valence-electron chi connectivity index (χ0n) is 18.6. The van der Waals surface area contributed by atoms with Crippen molar-refractivity contribution < 1.29 is 13.6 Å². The molecule has 3 heterocycles. The van der Waals surface area contributed by atoms with Crippen molar-refractivity contribution in [3.8, 4) is 0 Å². The first-order chi connectivity index (χ1) is 16.0. The predicted octanol–water partition coefficient (Wildman–Crippen LogP) is 3.82. The van der Waals surface area contributed by atoms with Gasteiger partial charge in [-0.15, -0.1) is 0 Å². The van der Waals surface area contributed by atoms with Gasteiger partial charge >= 0.3 is 0 Å². The zero-order valence-corrected chi connectivity index (χ0v) is 18.6. The number of rotatable bonds is 6. The van der Waals surface area contributed by atoms with Crippen LogP contribution in [0.4, 0.5) is 15.9 Å². The number of carbonyl (C=O) groups is 1. The van der Waals surface area contributed by atoms with Gasteiger partial charge in [0.05, 0.1) is 12.4 Å². The molecule has 2 N–H and O–H groups in total. The molecule has 33 heavy (non-hydrogen) atoms. The minimum absolute atomic E-state index is 0.149. The first-order valence-electron chi connectivity index (χ1n) is 11.8. The van der Waals surface area contributed by atoms with Gasteiger partial charge < -0.3 is 20.0 Å². The number of hydrogen-bond donors (Lipinski definition) is 2. The third-order valence-corrected chi connectivity index (χ3v) is 7.09. The van der Waals surface area contributed by atoms with Gasteiger partial charge in [0.15, 0.2) is 17.3 Å². The molecule has 0 spiro atoms. The van der Waals surface area contributed by atoms with Crippen LogP contribution in [-0.2, 0) is 0 Å². The smallest absolute Gasteiger partial charge is 0.275 e. The molecule has 3 aliphatic rings. The Morgan fingerprint density at radius 2 is 2.00 bits per heavy atom. The van der Waals surface area contributed by atoms with Crippen molar-refractivity contribution in [1.29, 1.82) is 0 Å². The minimum atomic E-state index is -0.550. The standard InChI is InChI=1S/C24H27FN6O2/c1-13-28-22-17(25)9-16(10-20(22)33-13)30-24(32)19-11-27-21(12-26-19)31-8-7-18(29-15-5-6-15)23(31)14-3-2-4-14/h9-12,14-15,18,23,29H,2-8H2,1H3,(H,30,32)/t18-,23?/m1/s1. The molecule has 2 aromatic heterocycles. The van der Waals surface area contributed by atoms with Gasteiger partial charge in [0, 0.05) is 43.3 Å². The lowest BCUT2D eigenvalue weighted by Crippen LogP contribution is -2.50. The summed E-state index contributed by atoms with van der Waals surface area (Å²) in [5, 5.41) is 6.51. The number of oxazole rings is 1. The fourth-order valence-electron chi connectivity index (χ4n) is 5.14. The maximum Gasteiger partial charge on any atom is 0.275 e. The number of nitrogens with one attached hydrogen (secondary N) is 2. The van der Waals surface area contributed by atoms with Crippen LogP contribution in [0, 0.1) is 18.7 Å². The third-order valence-electron chi connectivity index (χ3n) is 7.09. The second-order valence-electron chi connectivity index (χ2n) is 9.46. The fraction of sp³-hybridized carbons (Fsp3) is 0.500. The van der Waals surface area contributed by atoms with Crippen LogP contribution in [0.3, 0.4) is 0 Å². The maximum absolute atomic E-state index is 14.3. The Morgan fingerprint density at radius 3 is 2.70 bits per heavy atom. The molecule has 2 saturated carbocycles. The van der Waals surface area contributed by atoms with Crippen LogP contribution in [0.5, 0.6) is 0 Å². The molecule has 1 saturated heterocycles. The molecular weight excluding hydrogens is 423 g/mol. The highest BCUT2D eigenvalue weighted by Gasteiger charge is 2.43. The number of carbonyl (C=O) groups excluding carboxylic acids is 1. The van der Waals surface area contributed by atoms with Gasteiger partial charge in [0.1, 0.15) is 17.0 Å². The molecule has 0 radical (unpaired) electrons. The average molecular weight is 451 g/mol. The van der Waals surface area contributed by atoms with Gasteiger partial charge in [-0.1, -0.05) is 6.42 Å². The maximum atomic E-state index is 14.3. The lowest BCUT2D eigenvalue weighted by molar-refractivity contribution is 0.102. The van der Waals surface area contributed by atoms with E-state index in [1.807, 2.05) is 0 Å². The van der Waals surface area contributed by atoms with Crippen LogP contribution in [0.15, 0.2) is 28.9 Å². The molecule has 8 nitrogen and oxygen atoms in total. The van der Waals surface area contributed by atoms with Crippen molar-refractivity contribution >= 4 is 28.5 Å². The summed E-state index contributed by atoms with van der Waals surface area (Å²) in [5.41, 5.74) is 0.899. The lowest BCUT2D eigenvalue weighted by Gasteiger charge is -2.40. The monoisotopic (exact) mass is 450 g/mol. The first-order valence-corrected chi connectivity index (χ1v) is 11.8. The highest BCUT2D eigenvalue weighted by atomic mass is 19.1. The quantitative estimate of drug-likeness (QED) is 0.589. The van der Waals surface area contributed by atoms with Gasteiger partial charge in [-0.25, -0.2) is 19.3 Å². The SMILES string of the molecule is Cc1nc2c(F)cc(NC(=O)c3cnc(N4CC[C@@H](NC5CC5)C4C4CCC4)cn3)cc2o1. The van der Waals surface area contributed by atoms with E-state index in [1.54, 1.807) is 19.2 Å². The molecule has 1 aromatic carbocycles. The average Bonchev–Trinajstić information content (AvgIpc) is 3.37. The Kier molecular flexibility index (Phi) is 5.01. The lowest BCUT2D eigenvalue weighted by atomic mass is 9.77. The second kappa shape index (κ2) is 8.06. The van der Waals surface area contributed by atoms with E-state index in [4.69, 9.17) is 4.42 Å². The molecular formula is C24H27FN6O2. The van der Waals surface area contributed by atoms with E-state index in [1.165, 1.54) is 44.4 Å². The van der Waals surface area contributed by atoms with Crippen LogP contribution in [0.1, 0.15) is 54.9 Å². The highest BCUT2D eigenvalue weighted by Crippen LogP contribution is 2.40. The fourth-order valence-corrected chi connectivity index (χ4v) is 5.14. The zero-order chi connectivity index (χ0) is 22.5. The molecule has 172 valence electrons. The van der Waals surface area contributed by atoms with Crippen LogP contribution in [0.25, 0.3) is 11.1 Å². The number of fused-ring (bicyclic) bond motifs is 1. The van der Waals surface area contributed by atoms with Gasteiger partial charge in [-0.05, 0) is 44.1 Å². The summed E-state index contributed by atoms with van der Waals surface area (Å²) in [5.74, 6) is 0.873. The summed E-state index contributed by atoms with van der Waals surface area (Å²) in [7, 11) is 0. The van der Waals surface area contributed by atoms with E-state index < -0.39 is 11.7 Å². The molecule has 0 bridgehead atoms. The molecule has 1 amide bonds. The van der Waals surface area contributed by atoms with Gasteiger partial charge in [-0.2, -0.15) is 0 Å². The Balaban J connectivity index is 1.17. The summed E-state index contributed by atoms with van der Waals surface area (Å²) in [4.78, 5) is 28.0. The van der Waals surface area contributed by atoms with Crippen molar-refractivity contribution in [2.75, 3.05) is 16.8 Å². The highest BCUT2D eigenvalue weighted by molar-refractivity contribution is 6.03. The third kappa shape index (κ3) is 3.94. The number of benzene rings is 1. The second-order valence-corrected chi connectivity index (χ2v) is 9.46. The molecule has 6 rings (SSSR count). The molecule has 2 aliphatic carbocycles. The summed E-state index contributed by atoms with van der Waals surface area (Å²) in [6.45, 7) is 2.59. The van der Waals surface area contributed by atoms with Crippen LogP contribution < -0.4 is 15.5 Å². The van der Waals surface area contributed by atoms with Gasteiger partial charge in [-0.3, -0.25) is 4.79 Å². The summed E-state index contributed by atoms with van der Waals surface area (Å²) < 4.78 is 19.7. The van der Waals surface area contributed by atoms with E-state index in [0.717, 1.165) is 18.8 Å². The summed E-state index contributed by atoms with van der Waals surface area (Å²) in [6, 6.07) is 4.40. The Hall–Kier alpha value is -3.07. The van der Waals surface area contributed by atoms with Crippen molar-refractivity contribution in [3.63, 3.8) is 0 Å². The van der Waals surface area contributed by atoms with Gasteiger partial charge in [0.25, 0.3) is 5.91 Å². The normalized spacial score (nSPS) is 23.2. The molecule has 1 unspecified atom stereocenters. The van der Waals surface area contributed by atoms with Crippen molar-refractivity contribution in [3.05, 3.63) is 41.9 Å². The van der Waals surface area contributed by atoms with Crippen LogP contribution in [-0.4, -0.2) is 45.5 Å². The number of halogens is 1. The van der Waals surface area contributed by atoms with Crippen molar-refractivity contribution in [2.24, 2.45) is 5.92 Å². The van der Waals surface area contributed by atoms with Crippen molar-refractivity contribution in [1.82, 2.24) is 20.3 Å². The minimum Gasteiger partial charge on any atom is -0.441 e.